The second kappa shape index (κ2) is 10.1. The average Bonchev–Trinajstić information content (AvgIpc) is 2.67. The summed E-state index contributed by atoms with van der Waals surface area (Å²) < 4.78 is 6.12. The van der Waals surface area contributed by atoms with E-state index in [1.807, 2.05) is 38.1 Å². The Bertz CT molecular complexity index is 775. The Kier molecular flexibility index (Phi) is 7.85. The van der Waals surface area contributed by atoms with Crippen LogP contribution in [0.4, 0.5) is 0 Å². The lowest BCUT2D eigenvalue weighted by atomic mass is 10.0. The molecule has 0 saturated carbocycles. The maximum atomic E-state index is 12.6. The van der Waals surface area contributed by atoms with Crippen LogP contribution in [0.5, 0.6) is 5.75 Å². The standard InChI is InChI=1S/C21H25BrN2O3/c1-14(2)19(24-20(25)16-8-10-17(27-3)11-9-16)21(26)23-13-12-15-6-4-5-7-18(15)22/h4-11,14,19H,12-13H2,1-3H3,(H,23,26)(H,24,25). The number of rotatable bonds is 8. The molecule has 0 aliphatic carbocycles. The van der Waals surface area contributed by atoms with Gasteiger partial charge in [0.15, 0.2) is 0 Å². The second-order valence-electron chi connectivity index (χ2n) is 6.56. The van der Waals surface area contributed by atoms with Crippen LogP contribution in [0, 0.1) is 5.92 Å². The van der Waals surface area contributed by atoms with Crippen LogP contribution in [0.1, 0.15) is 29.8 Å². The summed E-state index contributed by atoms with van der Waals surface area (Å²) in [5.74, 6) is 0.184. The summed E-state index contributed by atoms with van der Waals surface area (Å²) >= 11 is 3.51. The monoisotopic (exact) mass is 432 g/mol. The zero-order chi connectivity index (χ0) is 19.8. The summed E-state index contributed by atoms with van der Waals surface area (Å²) in [5, 5.41) is 5.75. The third kappa shape index (κ3) is 6.10. The summed E-state index contributed by atoms with van der Waals surface area (Å²) in [6, 6.07) is 14.1. The lowest BCUT2D eigenvalue weighted by molar-refractivity contribution is -0.123. The van der Waals surface area contributed by atoms with Gasteiger partial charge >= 0.3 is 0 Å². The SMILES string of the molecule is COc1ccc(C(=O)NC(C(=O)NCCc2ccccc2Br)C(C)C)cc1. The Balaban J connectivity index is 1.93. The molecule has 0 saturated heterocycles. The van der Waals surface area contributed by atoms with Crippen LogP contribution in [0.2, 0.25) is 0 Å². The van der Waals surface area contributed by atoms with Gasteiger partial charge in [-0.25, -0.2) is 0 Å². The Hall–Kier alpha value is -2.34. The van der Waals surface area contributed by atoms with Crippen molar-refractivity contribution in [1.29, 1.82) is 0 Å². The minimum absolute atomic E-state index is 0.0318. The smallest absolute Gasteiger partial charge is 0.251 e. The van der Waals surface area contributed by atoms with Gasteiger partial charge in [0.2, 0.25) is 5.91 Å². The molecule has 0 heterocycles. The predicted molar refractivity (Wildman–Crippen MR) is 110 cm³/mol. The van der Waals surface area contributed by atoms with Gasteiger partial charge in [-0.1, -0.05) is 48.0 Å². The van der Waals surface area contributed by atoms with Crippen molar-refractivity contribution < 1.29 is 14.3 Å². The molecular formula is C21H25BrN2O3. The van der Waals surface area contributed by atoms with Crippen molar-refractivity contribution in [2.24, 2.45) is 5.92 Å². The number of carbonyl (C=O) groups excluding carboxylic acids is 2. The first kappa shape index (κ1) is 21.0. The van der Waals surface area contributed by atoms with E-state index in [0.29, 0.717) is 24.3 Å². The van der Waals surface area contributed by atoms with Gasteiger partial charge in [-0.05, 0) is 48.2 Å². The quantitative estimate of drug-likeness (QED) is 0.669. The molecule has 6 heteroatoms. The number of methoxy groups -OCH3 is 1. The van der Waals surface area contributed by atoms with E-state index in [1.54, 1.807) is 31.4 Å². The van der Waals surface area contributed by atoms with E-state index >= 15 is 0 Å². The third-order valence-electron chi connectivity index (χ3n) is 4.24. The van der Waals surface area contributed by atoms with Crippen molar-refractivity contribution in [2.75, 3.05) is 13.7 Å². The number of amides is 2. The fourth-order valence-corrected chi connectivity index (χ4v) is 3.12. The Labute approximate surface area is 168 Å². The number of halogens is 1. The van der Waals surface area contributed by atoms with Gasteiger partial charge in [0.05, 0.1) is 7.11 Å². The van der Waals surface area contributed by atoms with Crippen LogP contribution in [-0.2, 0) is 11.2 Å². The predicted octanol–water partition coefficient (Wildman–Crippen LogP) is 3.57. The Morgan fingerprint density at radius 1 is 1.07 bits per heavy atom. The molecule has 0 radical (unpaired) electrons. The zero-order valence-electron chi connectivity index (χ0n) is 15.8. The molecule has 2 rings (SSSR count). The van der Waals surface area contributed by atoms with Crippen molar-refractivity contribution in [2.45, 2.75) is 26.3 Å². The van der Waals surface area contributed by atoms with Crippen molar-refractivity contribution in [3.63, 3.8) is 0 Å². The second-order valence-corrected chi connectivity index (χ2v) is 7.41. The van der Waals surface area contributed by atoms with Gasteiger partial charge in [0.1, 0.15) is 11.8 Å². The van der Waals surface area contributed by atoms with Gasteiger partial charge in [0, 0.05) is 16.6 Å². The Morgan fingerprint density at radius 3 is 2.33 bits per heavy atom. The highest BCUT2D eigenvalue weighted by molar-refractivity contribution is 9.10. The van der Waals surface area contributed by atoms with Crippen LogP contribution < -0.4 is 15.4 Å². The van der Waals surface area contributed by atoms with E-state index in [9.17, 15) is 9.59 Å². The van der Waals surface area contributed by atoms with Gasteiger partial charge in [-0.15, -0.1) is 0 Å². The van der Waals surface area contributed by atoms with Crippen LogP contribution in [-0.4, -0.2) is 31.5 Å². The molecule has 2 amide bonds. The Morgan fingerprint density at radius 2 is 1.74 bits per heavy atom. The number of carbonyl (C=O) groups is 2. The summed E-state index contributed by atoms with van der Waals surface area (Å²) in [6.07, 6.45) is 0.713. The highest BCUT2D eigenvalue weighted by Gasteiger charge is 2.24. The molecule has 2 aromatic carbocycles. The maximum Gasteiger partial charge on any atom is 0.251 e. The summed E-state index contributed by atoms with van der Waals surface area (Å²) in [4.78, 5) is 25.0. The van der Waals surface area contributed by atoms with Crippen molar-refractivity contribution in [3.8, 4) is 5.75 Å². The minimum Gasteiger partial charge on any atom is -0.497 e. The summed E-state index contributed by atoms with van der Waals surface area (Å²) in [7, 11) is 1.57. The van der Waals surface area contributed by atoms with Crippen molar-refractivity contribution in [3.05, 3.63) is 64.1 Å². The maximum absolute atomic E-state index is 12.6. The molecule has 0 aliphatic heterocycles. The molecule has 5 nitrogen and oxygen atoms in total. The molecule has 0 spiro atoms. The molecule has 0 aliphatic rings. The van der Waals surface area contributed by atoms with Gasteiger partial charge in [-0.2, -0.15) is 0 Å². The first-order chi connectivity index (χ1) is 12.9. The van der Waals surface area contributed by atoms with Crippen LogP contribution in [0.3, 0.4) is 0 Å². The molecule has 2 N–H and O–H groups in total. The first-order valence-electron chi connectivity index (χ1n) is 8.88. The first-order valence-corrected chi connectivity index (χ1v) is 9.67. The van der Waals surface area contributed by atoms with Crippen LogP contribution >= 0.6 is 15.9 Å². The van der Waals surface area contributed by atoms with Gasteiger partial charge in [-0.3, -0.25) is 9.59 Å². The van der Waals surface area contributed by atoms with Crippen molar-refractivity contribution in [1.82, 2.24) is 10.6 Å². The summed E-state index contributed by atoms with van der Waals surface area (Å²) in [6.45, 7) is 4.32. The van der Waals surface area contributed by atoms with E-state index in [0.717, 1.165) is 10.0 Å². The van der Waals surface area contributed by atoms with Gasteiger partial charge < -0.3 is 15.4 Å². The lowest BCUT2D eigenvalue weighted by Gasteiger charge is -2.22. The topological polar surface area (TPSA) is 67.4 Å². The number of hydrogen-bond donors (Lipinski definition) is 2. The van der Waals surface area contributed by atoms with E-state index in [1.165, 1.54) is 0 Å². The number of hydrogen-bond acceptors (Lipinski definition) is 3. The van der Waals surface area contributed by atoms with E-state index in [4.69, 9.17) is 4.74 Å². The van der Waals surface area contributed by atoms with E-state index < -0.39 is 6.04 Å². The number of nitrogens with one attached hydrogen (secondary N) is 2. The largest absolute Gasteiger partial charge is 0.497 e. The summed E-state index contributed by atoms with van der Waals surface area (Å²) in [5.41, 5.74) is 1.61. The van der Waals surface area contributed by atoms with E-state index in [2.05, 4.69) is 26.6 Å². The molecule has 0 bridgehead atoms. The van der Waals surface area contributed by atoms with Gasteiger partial charge in [0.25, 0.3) is 5.91 Å². The highest BCUT2D eigenvalue weighted by Crippen LogP contribution is 2.16. The molecule has 2 aromatic rings. The molecule has 144 valence electrons. The molecule has 0 aromatic heterocycles. The molecular weight excluding hydrogens is 408 g/mol. The van der Waals surface area contributed by atoms with E-state index in [-0.39, 0.29) is 17.7 Å². The zero-order valence-corrected chi connectivity index (χ0v) is 17.4. The lowest BCUT2D eigenvalue weighted by Crippen LogP contribution is -2.50. The fourth-order valence-electron chi connectivity index (χ4n) is 2.63. The van der Waals surface area contributed by atoms with Crippen molar-refractivity contribution >= 4 is 27.7 Å². The van der Waals surface area contributed by atoms with Crippen LogP contribution in [0.25, 0.3) is 0 Å². The fraction of sp³-hybridized carbons (Fsp3) is 0.333. The third-order valence-corrected chi connectivity index (χ3v) is 5.01. The molecule has 1 unspecified atom stereocenters. The minimum atomic E-state index is -0.598. The molecule has 27 heavy (non-hydrogen) atoms. The molecule has 0 fully saturated rings. The normalized spacial score (nSPS) is 11.7. The number of ether oxygens (including phenoxy) is 1. The number of benzene rings is 2. The molecule has 1 atom stereocenters. The highest BCUT2D eigenvalue weighted by atomic mass is 79.9. The van der Waals surface area contributed by atoms with Crippen LogP contribution in [0.15, 0.2) is 53.0 Å². The average molecular weight is 433 g/mol.